The van der Waals surface area contributed by atoms with Crippen molar-refractivity contribution in [3.8, 4) is 0 Å². The smallest absolute Gasteiger partial charge is 0.241 e. The van der Waals surface area contributed by atoms with E-state index < -0.39 is 0 Å². The Bertz CT molecular complexity index is 619. The summed E-state index contributed by atoms with van der Waals surface area (Å²) in [7, 11) is 0. The van der Waals surface area contributed by atoms with Gasteiger partial charge in [0.2, 0.25) is 11.8 Å². The van der Waals surface area contributed by atoms with E-state index in [1.807, 2.05) is 32.6 Å². The Hall–Kier alpha value is -1.88. The molecule has 0 saturated carbocycles. The minimum Gasteiger partial charge on any atom is -0.341 e. The van der Waals surface area contributed by atoms with E-state index in [4.69, 9.17) is 0 Å². The van der Waals surface area contributed by atoms with Gasteiger partial charge in [0.25, 0.3) is 0 Å². The zero-order valence-electron chi connectivity index (χ0n) is 16.2. The molecule has 1 aliphatic heterocycles. The fourth-order valence-electron chi connectivity index (χ4n) is 3.57. The van der Waals surface area contributed by atoms with Crippen LogP contribution in [-0.4, -0.2) is 53.8 Å². The average molecular weight is 345 g/mol. The molecule has 0 spiro atoms. The van der Waals surface area contributed by atoms with Crippen molar-refractivity contribution in [1.82, 2.24) is 9.80 Å². The van der Waals surface area contributed by atoms with Crippen molar-refractivity contribution in [2.75, 3.05) is 31.5 Å². The Balaban J connectivity index is 2.02. The Kier molecular flexibility index (Phi) is 6.59. The van der Waals surface area contributed by atoms with Gasteiger partial charge >= 0.3 is 0 Å². The highest BCUT2D eigenvalue weighted by Gasteiger charge is 2.25. The van der Waals surface area contributed by atoms with Crippen LogP contribution in [-0.2, 0) is 9.59 Å². The number of carbonyl (C=O) groups is 2. The van der Waals surface area contributed by atoms with Crippen LogP contribution in [0.4, 0.5) is 5.69 Å². The molecule has 25 heavy (non-hydrogen) atoms. The molecule has 0 aromatic heterocycles. The van der Waals surface area contributed by atoms with Crippen molar-refractivity contribution in [1.29, 1.82) is 0 Å². The second-order valence-corrected chi connectivity index (χ2v) is 7.06. The molecule has 5 nitrogen and oxygen atoms in total. The summed E-state index contributed by atoms with van der Waals surface area (Å²) in [6.07, 6.45) is 1.45. The molecule has 0 aliphatic carbocycles. The topological polar surface area (TPSA) is 52.7 Å². The zero-order valence-corrected chi connectivity index (χ0v) is 16.2. The van der Waals surface area contributed by atoms with Gasteiger partial charge in [-0.15, -0.1) is 0 Å². The predicted octanol–water partition coefficient (Wildman–Crippen LogP) is 2.88. The van der Waals surface area contributed by atoms with Gasteiger partial charge in [-0.05, 0) is 45.2 Å². The lowest BCUT2D eigenvalue weighted by atomic mass is 10.0. The summed E-state index contributed by atoms with van der Waals surface area (Å²) in [5.41, 5.74) is 4.30. The first-order chi connectivity index (χ1) is 11.8. The first kappa shape index (κ1) is 19.4. The number of nitrogens with zero attached hydrogens (tertiary/aromatic N) is 2. The molecule has 2 rings (SSSR count). The molecular formula is C20H31N3O2. The Labute approximate surface area is 151 Å². The van der Waals surface area contributed by atoms with E-state index in [2.05, 4.69) is 29.3 Å². The molecule has 1 aliphatic rings. The van der Waals surface area contributed by atoms with Crippen LogP contribution >= 0.6 is 0 Å². The molecule has 1 heterocycles. The summed E-state index contributed by atoms with van der Waals surface area (Å²) in [6, 6.07) is 3.97. The van der Waals surface area contributed by atoms with Crippen LogP contribution in [0.1, 0.15) is 43.4 Å². The number of amides is 2. The third-order valence-corrected chi connectivity index (χ3v) is 5.04. The highest BCUT2D eigenvalue weighted by molar-refractivity contribution is 5.96. The van der Waals surface area contributed by atoms with Crippen LogP contribution in [0.2, 0.25) is 0 Å². The maximum Gasteiger partial charge on any atom is 0.241 e. The second-order valence-electron chi connectivity index (χ2n) is 7.06. The molecule has 1 saturated heterocycles. The van der Waals surface area contributed by atoms with E-state index in [1.54, 1.807) is 0 Å². The molecule has 5 heteroatoms. The highest BCUT2D eigenvalue weighted by atomic mass is 16.2. The summed E-state index contributed by atoms with van der Waals surface area (Å²) < 4.78 is 0. The predicted molar refractivity (Wildman–Crippen MR) is 102 cm³/mol. The van der Waals surface area contributed by atoms with Gasteiger partial charge in [-0.1, -0.05) is 24.6 Å². The van der Waals surface area contributed by atoms with Gasteiger partial charge in [0.15, 0.2) is 0 Å². The number of hydrogen-bond donors (Lipinski definition) is 1. The quantitative estimate of drug-likeness (QED) is 0.913. The van der Waals surface area contributed by atoms with Crippen LogP contribution in [0.15, 0.2) is 12.1 Å². The zero-order chi connectivity index (χ0) is 18.6. The molecule has 0 bridgehead atoms. The Morgan fingerprint density at radius 2 is 1.72 bits per heavy atom. The summed E-state index contributed by atoms with van der Waals surface area (Å²) in [5, 5.41) is 3.11. The van der Waals surface area contributed by atoms with Crippen molar-refractivity contribution in [3.05, 3.63) is 28.8 Å². The van der Waals surface area contributed by atoms with Gasteiger partial charge in [-0.3, -0.25) is 14.5 Å². The minimum absolute atomic E-state index is 0.0188. The first-order valence-corrected chi connectivity index (χ1v) is 9.24. The molecular weight excluding hydrogens is 314 g/mol. The van der Waals surface area contributed by atoms with E-state index in [0.29, 0.717) is 13.0 Å². The van der Waals surface area contributed by atoms with Crippen molar-refractivity contribution < 1.29 is 9.59 Å². The summed E-state index contributed by atoms with van der Waals surface area (Å²) in [4.78, 5) is 28.7. The third-order valence-electron chi connectivity index (χ3n) is 5.04. The lowest BCUT2D eigenvalue weighted by molar-refractivity contribution is -0.130. The number of carbonyl (C=O) groups excluding carboxylic acids is 2. The van der Waals surface area contributed by atoms with Gasteiger partial charge in [0.05, 0.1) is 6.04 Å². The maximum absolute atomic E-state index is 12.8. The van der Waals surface area contributed by atoms with Crippen molar-refractivity contribution in [2.24, 2.45) is 0 Å². The highest BCUT2D eigenvalue weighted by Crippen LogP contribution is 2.22. The van der Waals surface area contributed by atoms with Crippen molar-refractivity contribution in [2.45, 2.75) is 53.5 Å². The second kappa shape index (κ2) is 8.48. The van der Waals surface area contributed by atoms with E-state index in [-0.39, 0.29) is 17.9 Å². The maximum atomic E-state index is 12.8. The minimum atomic E-state index is -0.211. The normalized spacial score (nSPS) is 17.1. The molecule has 138 valence electrons. The molecule has 1 unspecified atom stereocenters. The molecule has 1 N–H and O–H groups in total. The van der Waals surface area contributed by atoms with Gasteiger partial charge < -0.3 is 10.2 Å². The average Bonchev–Trinajstić information content (AvgIpc) is 2.82. The van der Waals surface area contributed by atoms with Gasteiger partial charge in [0.1, 0.15) is 0 Å². The summed E-state index contributed by atoms with van der Waals surface area (Å²) >= 11 is 0. The van der Waals surface area contributed by atoms with Crippen molar-refractivity contribution in [3.63, 3.8) is 0 Å². The standard InChI is InChI=1S/C20H31N3O2/c1-6-18(24)23-9-7-8-22(10-11-23)17(5)20(25)21-19-15(3)12-14(2)13-16(19)4/h12-13,17H,6-11H2,1-5H3,(H,21,25). The largest absolute Gasteiger partial charge is 0.341 e. The van der Waals surface area contributed by atoms with E-state index in [9.17, 15) is 9.59 Å². The number of anilines is 1. The number of nitrogens with one attached hydrogen (secondary N) is 1. The summed E-state index contributed by atoms with van der Waals surface area (Å²) in [6.45, 7) is 13.0. The third kappa shape index (κ3) is 4.82. The lowest BCUT2D eigenvalue weighted by Gasteiger charge is -2.27. The SMILES string of the molecule is CCC(=O)N1CCCN(C(C)C(=O)Nc2c(C)cc(C)cc2C)CC1. The fraction of sp³-hybridized carbons (Fsp3) is 0.600. The van der Waals surface area contributed by atoms with E-state index in [1.165, 1.54) is 5.56 Å². The monoisotopic (exact) mass is 345 g/mol. The number of aryl methyl sites for hydroxylation is 3. The number of hydrogen-bond acceptors (Lipinski definition) is 3. The lowest BCUT2D eigenvalue weighted by Crippen LogP contribution is -2.44. The van der Waals surface area contributed by atoms with Gasteiger partial charge in [-0.25, -0.2) is 0 Å². The van der Waals surface area contributed by atoms with E-state index in [0.717, 1.165) is 42.9 Å². The van der Waals surface area contributed by atoms with Gasteiger partial charge in [-0.2, -0.15) is 0 Å². The number of benzene rings is 1. The first-order valence-electron chi connectivity index (χ1n) is 9.24. The summed E-state index contributed by atoms with van der Waals surface area (Å²) in [5.74, 6) is 0.218. The Morgan fingerprint density at radius 3 is 2.32 bits per heavy atom. The molecule has 2 amide bonds. The van der Waals surface area contributed by atoms with Crippen LogP contribution in [0.3, 0.4) is 0 Å². The molecule has 1 fully saturated rings. The Morgan fingerprint density at radius 1 is 1.08 bits per heavy atom. The van der Waals surface area contributed by atoms with Crippen LogP contribution in [0, 0.1) is 20.8 Å². The molecule has 1 aromatic rings. The fourth-order valence-corrected chi connectivity index (χ4v) is 3.57. The van der Waals surface area contributed by atoms with Gasteiger partial charge in [0, 0.05) is 38.3 Å². The van der Waals surface area contributed by atoms with E-state index >= 15 is 0 Å². The molecule has 1 atom stereocenters. The van der Waals surface area contributed by atoms with Crippen LogP contribution < -0.4 is 5.32 Å². The number of rotatable bonds is 4. The molecule has 1 aromatic carbocycles. The van der Waals surface area contributed by atoms with Crippen LogP contribution in [0.25, 0.3) is 0 Å². The van der Waals surface area contributed by atoms with Crippen LogP contribution in [0.5, 0.6) is 0 Å². The van der Waals surface area contributed by atoms with Crippen molar-refractivity contribution >= 4 is 17.5 Å². The molecule has 0 radical (unpaired) electrons.